The van der Waals surface area contributed by atoms with Gasteiger partial charge in [-0.05, 0) is 66.8 Å². The van der Waals surface area contributed by atoms with Crippen LogP contribution in [-0.2, 0) is 13.0 Å². The highest BCUT2D eigenvalue weighted by Gasteiger charge is 2.18. The SMILES string of the molecule is Cc1c(C(=O)O)oc2ccc(SN(CCc3ccccc3)Cc3ccc(Cl)cc3Cl)cc12. The fourth-order valence-corrected chi connectivity index (χ4v) is 4.96. The minimum absolute atomic E-state index is 0.0176. The number of aryl methyl sites for hydroxylation is 1. The highest BCUT2D eigenvalue weighted by molar-refractivity contribution is 7.97. The number of rotatable bonds is 8. The lowest BCUT2D eigenvalue weighted by Crippen LogP contribution is -2.18. The normalized spacial score (nSPS) is 11.4. The molecule has 0 aliphatic heterocycles. The third-order valence-corrected chi connectivity index (χ3v) is 6.81. The quantitative estimate of drug-likeness (QED) is 0.262. The summed E-state index contributed by atoms with van der Waals surface area (Å²) in [6, 6.07) is 21.6. The highest BCUT2D eigenvalue weighted by Crippen LogP contribution is 2.33. The van der Waals surface area contributed by atoms with E-state index in [0.717, 1.165) is 28.8 Å². The van der Waals surface area contributed by atoms with E-state index in [9.17, 15) is 9.90 Å². The first kappa shape index (κ1) is 22.7. The van der Waals surface area contributed by atoms with E-state index in [1.54, 1.807) is 24.9 Å². The summed E-state index contributed by atoms with van der Waals surface area (Å²) in [5, 5.41) is 11.4. The van der Waals surface area contributed by atoms with Crippen molar-refractivity contribution in [1.82, 2.24) is 4.31 Å². The minimum atomic E-state index is -1.06. The van der Waals surface area contributed by atoms with Crippen LogP contribution in [0.5, 0.6) is 0 Å². The summed E-state index contributed by atoms with van der Waals surface area (Å²) in [5.74, 6) is -1.08. The Morgan fingerprint density at radius 2 is 1.84 bits per heavy atom. The van der Waals surface area contributed by atoms with Gasteiger partial charge in [0.15, 0.2) is 0 Å². The van der Waals surface area contributed by atoms with Gasteiger partial charge in [0, 0.05) is 39.0 Å². The van der Waals surface area contributed by atoms with Crippen LogP contribution in [0.3, 0.4) is 0 Å². The van der Waals surface area contributed by atoms with Gasteiger partial charge in [-0.2, -0.15) is 0 Å². The standard InChI is InChI=1S/C25H21Cl2NO3S/c1-16-21-14-20(9-10-23(21)31-24(16)25(29)30)32-28(12-11-17-5-3-2-4-6-17)15-18-7-8-19(26)13-22(18)27/h2-10,13-14H,11-12,15H2,1H3,(H,29,30). The molecule has 1 aromatic heterocycles. The molecule has 0 unspecified atom stereocenters. The molecule has 32 heavy (non-hydrogen) atoms. The first-order valence-electron chi connectivity index (χ1n) is 10.1. The van der Waals surface area contributed by atoms with Crippen molar-refractivity contribution in [3.8, 4) is 0 Å². The monoisotopic (exact) mass is 485 g/mol. The summed E-state index contributed by atoms with van der Waals surface area (Å²) in [4.78, 5) is 12.4. The van der Waals surface area contributed by atoms with Gasteiger partial charge in [-0.1, -0.05) is 59.6 Å². The van der Waals surface area contributed by atoms with E-state index in [4.69, 9.17) is 27.6 Å². The Balaban J connectivity index is 1.59. The second-order valence-electron chi connectivity index (χ2n) is 7.45. The summed E-state index contributed by atoms with van der Waals surface area (Å²) < 4.78 is 7.74. The van der Waals surface area contributed by atoms with Gasteiger partial charge in [-0.25, -0.2) is 9.10 Å². The molecule has 0 aliphatic carbocycles. The molecule has 3 aromatic carbocycles. The van der Waals surface area contributed by atoms with Gasteiger partial charge >= 0.3 is 5.97 Å². The first-order chi connectivity index (χ1) is 15.4. The Morgan fingerprint density at radius 1 is 1.06 bits per heavy atom. The number of nitrogens with zero attached hydrogens (tertiary/aromatic N) is 1. The Labute approximate surface area is 200 Å². The molecule has 1 heterocycles. The van der Waals surface area contributed by atoms with Crippen LogP contribution in [0.1, 0.15) is 27.2 Å². The molecule has 0 spiro atoms. The van der Waals surface area contributed by atoms with E-state index in [-0.39, 0.29) is 5.76 Å². The number of carboxylic acids is 1. The van der Waals surface area contributed by atoms with Gasteiger partial charge in [0.25, 0.3) is 0 Å². The molecule has 1 N–H and O–H groups in total. The lowest BCUT2D eigenvalue weighted by Gasteiger charge is -2.22. The van der Waals surface area contributed by atoms with E-state index in [2.05, 4.69) is 16.4 Å². The summed E-state index contributed by atoms with van der Waals surface area (Å²) in [5.41, 5.74) is 3.45. The molecule has 4 nitrogen and oxygen atoms in total. The number of hydrogen-bond donors (Lipinski definition) is 1. The fourth-order valence-electron chi connectivity index (χ4n) is 3.51. The third kappa shape index (κ3) is 5.30. The van der Waals surface area contributed by atoms with E-state index in [1.807, 2.05) is 48.5 Å². The van der Waals surface area contributed by atoms with Crippen LogP contribution in [0.15, 0.2) is 76.0 Å². The fraction of sp³-hybridized carbons (Fsp3) is 0.160. The van der Waals surface area contributed by atoms with Gasteiger partial charge in [-0.15, -0.1) is 0 Å². The second kappa shape index (κ2) is 10.0. The molecule has 0 saturated carbocycles. The molecule has 0 amide bonds. The summed E-state index contributed by atoms with van der Waals surface area (Å²) in [6.07, 6.45) is 0.884. The predicted octanol–water partition coefficient (Wildman–Crippen LogP) is 7.50. The molecule has 0 atom stereocenters. The predicted molar refractivity (Wildman–Crippen MR) is 131 cm³/mol. The van der Waals surface area contributed by atoms with E-state index >= 15 is 0 Å². The van der Waals surface area contributed by atoms with Crippen molar-refractivity contribution < 1.29 is 14.3 Å². The molecule has 0 bridgehead atoms. The van der Waals surface area contributed by atoms with Crippen LogP contribution >= 0.6 is 35.1 Å². The van der Waals surface area contributed by atoms with Crippen molar-refractivity contribution in [3.63, 3.8) is 0 Å². The second-order valence-corrected chi connectivity index (χ2v) is 9.46. The molecule has 4 rings (SSSR count). The Morgan fingerprint density at radius 3 is 2.56 bits per heavy atom. The largest absolute Gasteiger partial charge is 0.475 e. The Hall–Kier alpha value is -2.44. The average Bonchev–Trinajstić information content (AvgIpc) is 3.11. The molecule has 0 radical (unpaired) electrons. The number of aromatic carboxylic acids is 1. The minimum Gasteiger partial charge on any atom is -0.475 e. The van der Waals surface area contributed by atoms with Crippen LogP contribution in [0.4, 0.5) is 0 Å². The number of carboxylic acid groups (broad SMARTS) is 1. The lowest BCUT2D eigenvalue weighted by atomic mass is 10.1. The Kier molecular flexibility index (Phi) is 7.11. The van der Waals surface area contributed by atoms with Gasteiger partial charge < -0.3 is 9.52 Å². The van der Waals surface area contributed by atoms with E-state index in [1.165, 1.54) is 5.56 Å². The average molecular weight is 486 g/mol. The van der Waals surface area contributed by atoms with Gasteiger partial charge in [0.1, 0.15) is 5.58 Å². The third-order valence-electron chi connectivity index (χ3n) is 5.19. The molecular weight excluding hydrogens is 465 g/mol. The number of carbonyl (C=O) groups is 1. The van der Waals surface area contributed by atoms with Crippen molar-refractivity contribution in [2.24, 2.45) is 0 Å². The van der Waals surface area contributed by atoms with Crippen LogP contribution in [0.2, 0.25) is 10.0 Å². The van der Waals surface area contributed by atoms with Crippen molar-refractivity contribution in [2.45, 2.75) is 24.8 Å². The molecule has 164 valence electrons. The Bertz CT molecular complexity index is 1260. The lowest BCUT2D eigenvalue weighted by molar-refractivity contribution is 0.0664. The van der Waals surface area contributed by atoms with Crippen LogP contribution in [0, 0.1) is 6.92 Å². The smallest absolute Gasteiger partial charge is 0.372 e. The maximum Gasteiger partial charge on any atom is 0.372 e. The van der Waals surface area contributed by atoms with Gasteiger partial charge in [-0.3, -0.25) is 0 Å². The molecular formula is C25H21Cl2NO3S. The summed E-state index contributed by atoms with van der Waals surface area (Å²) >= 11 is 14.1. The summed E-state index contributed by atoms with van der Waals surface area (Å²) in [7, 11) is 0. The van der Waals surface area contributed by atoms with E-state index < -0.39 is 5.97 Å². The van der Waals surface area contributed by atoms with Crippen LogP contribution in [0.25, 0.3) is 11.0 Å². The molecule has 0 saturated heterocycles. The van der Waals surface area contributed by atoms with Gasteiger partial charge in [0.2, 0.25) is 5.76 Å². The number of halogens is 2. The van der Waals surface area contributed by atoms with Crippen LogP contribution < -0.4 is 0 Å². The zero-order valence-electron chi connectivity index (χ0n) is 17.3. The van der Waals surface area contributed by atoms with Crippen molar-refractivity contribution in [1.29, 1.82) is 0 Å². The maximum absolute atomic E-state index is 11.4. The summed E-state index contributed by atoms with van der Waals surface area (Å²) in [6.45, 7) is 3.21. The van der Waals surface area contributed by atoms with Gasteiger partial charge in [0.05, 0.1) is 0 Å². The molecule has 0 aliphatic rings. The van der Waals surface area contributed by atoms with Crippen molar-refractivity contribution in [3.05, 3.63) is 99.2 Å². The zero-order valence-corrected chi connectivity index (χ0v) is 19.7. The highest BCUT2D eigenvalue weighted by atomic mass is 35.5. The van der Waals surface area contributed by atoms with Crippen molar-refractivity contribution >= 4 is 52.1 Å². The zero-order chi connectivity index (χ0) is 22.7. The topological polar surface area (TPSA) is 53.7 Å². The number of benzene rings is 3. The van der Waals surface area contributed by atoms with Crippen LogP contribution in [-0.4, -0.2) is 21.9 Å². The molecule has 7 heteroatoms. The number of furan rings is 1. The van der Waals surface area contributed by atoms with Crippen molar-refractivity contribution in [2.75, 3.05) is 6.54 Å². The molecule has 0 fully saturated rings. The van der Waals surface area contributed by atoms with E-state index in [0.29, 0.717) is 27.7 Å². The number of hydrogen-bond acceptors (Lipinski definition) is 4. The maximum atomic E-state index is 11.4. The molecule has 4 aromatic rings. The number of fused-ring (bicyclic) bond motifs is 1. The first-order valence-corrected chi connectivity index (χ1v) is 11.6.